The Labute approximate surface area is 131 Å². The maximum Gasteiger partial charge on any atom is 0.321 e. The number of imide groups is 1. The number of amides is 3. The predicted octanol–water partition coefficient (Wildman–Crippen LogP) is -1.27. The topological polar surface area (TPSA) is 134 Å². The molecule has 0 spiro atoms. The molecular weight excluding hydrogens is 310 g/mol. The summed E-state index contributed by atoms with van der Waals surface area (Å²) in [6, 6.07) is -0.490. The third-order valence-electron chi connectivity index (χ3n) is 3.33. The van der Waals surface area contributed by atoms with Crippen LogP contribution < -0.4 is 20.5 Å². The van der Waals surface area contributed by atoms with Crippen LogP contribution in [0.4, 0.5) is 4.79 Å². The third-order valence-corrected chi connectivity index (χ3v) is 3.90. The minimum atomic E-state index is -3.69. The van der Waals surface area contributed by atoms with E-state index in [1.54, 1.807) is 0 Å². The van der Waals surface area contributed by atoms with Crippen LogP contribution in [0.15, 0.2) is 0 Å². The molecule has 5 N–H and O–H groups in total. The third kappa shape index (κ3) is 8.27. The van der Waals surface area contributed by atoms with Crippen LogP contribution >= 0.6 is 0 Å². The predicted molar refractivity (Wildman–Crippen MR) is 82.1 cm³/mol. The molecule has 128 valence electrons. The number of carbonyl (C=O) groups is 2. The lowest BCUT2D eigenvalue weighted by Crippen LogP contribution is -2.48. The SMILES string of the molecule is CCCNC(=O)NC(=O)CN1CCCC(CNS(N)(=O)=O)C1. The second-order valence-corrected chi connectivity index (χ2v) is 6.82. The second kappa shape index (κ2) is 9.03. The molecule has 10 heteroatoms. The van der Waals surface area contributed by atoms with Crippen molar-refractivity contribution in [1.82, 2.24) is 20.3 Å². The summed E-state index contributed by atoms with van der Waals surface area (Å²) in [7, 11) is -3.69. The summed E-state index contributed by atoms with van der Waals surface area (Å²) >= 11 is 0. The van der Waals surface area contributed by atoms with Crippen LogP contribution in [0.1, 0.15) is 26.2 Å². The highest BCUT2D eigenvalue weighted by Crippen LogP contribution is 2.15. The number of nitrogens with two attached hydrogens (primary N) is 1. The minimum Gasteiger partial charge on any atom is -0.338 e. The average molecular weight is 335 g/mol. The summed E-state index contributed by atoms with van der Waals surface area (Å²) in [6.45, 7) is 4.15. The van der Waals surface area contributed by atoms with E-state index in [0.717, 1.165) is 25.8 Å². The summed E-state index contributed by atoms with van der Waals surface area (Å²) in [6.07, 6.45) is 2.54. The van der Waals surface area contributed by atoms with E-state index >= 15 is 0 Å². The Morgan fingerprint density at radius 2 is 2.09 bits per heavy atom. The fourth-order valence-corrected chi connectivity index (χ4v) is 2.82. The van der Waals surface area contributed by atoms with Crippen LogP contribution in [-0.4, -0.2) is 58.0 Å². The van der Waals surface area contributed by atoms with Crippen molar-refractivity contribution in [2.75, 3.05) is 32.7 Å². The zero-order chi connectivity index (χ0) is 16.6. The first-order valence-corrected chi connectivity index (χ1v) is 8.92. The molecule has 1 aliphatic heterocycles. The average Bonchev–Trinajstić information content (AvgIpc) is 2.42. The molecule has 1 heterocycles. The highest BCUT2D eigenvalue weighted by atomic mass is 32.2. The van der Waals surface area contributed by atoms with Crippen molar-refractivity contribution >= 4 is 22.1 Å². The highest BCUT2D eigenvalue weighted by molar-refractivity contribution is 7.87. The summed E-state index contributed by atoms with van der Waals surface area (Å²) in [5.74, 6) is -0.262. The number of nitrogens with one attached hydrogen (secondary N) is 3. The molecule has 9 nitrogen and oxygen atoms in total. The Morgan fingerprint density at radius 3 is 2.73 bits per heavy atom. The van der Waals surface area contributed by atoms with E-state index < -0.39 is 16.2 Å². The normalized spacial score (nSPS) is 19.6. The number of urea groups is 1. The van der Waals surface area contributed by atoms with Crippen LogP contribution in [0.5, 0.6) is 0 Å². The molecule has 0 aromatic heterocycles. The van der Waals surface area contributed by atoms with Crippen molar-refractivity contribution in [2.24, 2.45) is 11.1 Å². The Kier molecular flexibility index (Phi) is 7.73. The van der Waals surface area contributed by atoms with Gasteiger partial charge in [0.1, 0.15) is 0 Å². The van der Waals surface area contributed by atoms with E-state index in [9.17, 15) is 18.0 Å². The maximum atomic E-state index is 11.8. The van der Waals surface area contributed by atoms with Crippen molar-refractivity contribution in [3.05, 3.63) is 0 Å². The summed E-state index contributed by atoms with van der Waals surface area (Å²) in [4.78, 5) is 25.0. The number of nitrogens with zero attached hydrogens (tertiary/aromatic N) is 1. The number of carbonyl (C=O) groups excluding carboxylic acids is 2. The van der Waals surface area contributed by atoms with Gasteiger partial charge in [0.15, 0.2) is 0 Å². The molecule has 1 saturated heterocycles. The van der Waals surface area contributed by atoms with Gasteiger partial charge in [-0.3, -0.25) is 15.0 Å². The number of hydrogen-bond donors (Lipinski definition) is 4. The molecule has 22 heavy (non-hydrogen) atoms. The van der Waals surface area contributed by atoms with Gasteiger partial charge in [-0.1, -0.05) is 6.92 Å². The van der Waals surface area contributed by atoms with Crippen molar-refractivity contribution < 1.29 is 18.0 Å². The Balaban J connectivity index is 2.33. The van der Waals surface area contributed by atoms with Gasteiger partial charge in [-0.05, 0) is 31.7 Å². The van der Waals surface area contributed by atoms with Gasteiger partial charge in [-0.2, -0.15) is 8.42 Å². The first kappa shape index (κ1) is 18.8. The van der Waals surface area contributed by atoms with Crippen LogP contribution in [0, 0.1) is 5.92 Å². The van der Waals surface area contributed by atoms with E-state index in [2.05, 4.69) is 15.4 Å². The minimum absolute atomic E-state index is 0.105. The fourth-order valence-electron chi connectivity index (χ4n) is 2.35. The Morgan fingerprint density at radius 1 is 1.36 bits per heavy atom. The smallest absolute Gasteiger partial charge is 0.321 e. The molecule has 0 aromatic rings. The quantitative estimate of drug-likeness (QED) is 0.460. The summed E-state index contributed by atoms with van der Waals surface area (Å²) in [5, 5.41) is 9.74. The van der Waals surface area contributed by atoms with Crippen molar-refractivity contribution in [2.45, 2.75) is 26.2 Å². The molecule has 0 aromatic carbocycles. The van der Waals surface area contributed by atoms with Gasteiger partial charge in [-0.15, -0.1) is 0 Å². The lowest BCUT2D eigenvalue weighted by molar-refractivity contribution is -0.121. The Bertz CT molecular complexity index is 482. The molecule has 0 aliphatic carbocycles. The number of rotatable bonds is 7. The van der Waals surface area contributed by atoms with Crippen molar-refractivity contribution in [1.29, 1.82) is 0 Å². The molecule has 1 unspecified atom stereocenters. The second-order valence-electron chi connectivity index (χ2n) is 5.44. The van der Waals surface area contributed by atoms with Crippen molar-refractivity contribution in [3.63, 3.8) is 0 Å². The van der Waals surface area contributed by atoms with E-state index in [4.69, 9.17) is 5.14 Å². The lowest BCUT2D eigenvalue weighted by Gasteiger charge is -2.32. The molecule has 3 amide bonds. The molecule has 1 atom stereocenters. The van der Waals surface area contributed by atoms with E-state index in [-0.39, 0.29) is 24.9 Å². The van der Waals surface area contributed by atoms with Gasteiger partial charge in [0.2, 0.25) is 5.91 Å². The van der Waals surface area contributed by atoms with Crippen LogP contribution in [0.25, 0.3) is 0 Å². The van der Waals surface area contributed by atoms with E-state index in [1.165, 1.54) is 0 Å². The molecule has 1 fully saturated rings. The standard InChI is InChI=1S/C12H25N5O4S/c1-2-5-14-12(19)16-11(18)9-17-6-3-4-10(8-17)7-15-22(13,20)21/h10,15H,2-9H2,1H3,(H2,13,20,21)(H2,14,16,18,19). The molecule has 0 bridgehead atoms. The molecular formula is C12H25N5O4S. The fraction of sp³-hybridized carbons (Fsp3) is 0.833. The van der Waals surface area contributed by atoms with Gasteiger partial charge < -0.3 is 5.32 Å². The molecule has 1 aliphatic rings. The monoisotopic (exact) mass is 335 g/mol. The van der Waals surface area contributed by atoms with Gasteiger partial charge in [-0.25, -0.2) is 14.7 Å². The van der Waals surface area contributed by atoms with Gasteiger partial charge >= 0.3 is 6.03 Å². The zero-order valence-corrected chi connectivity index (χ0v) is 13.6. The van der Waals surface area contributed by atoms with Gasteiger partial charge in [0, 0.05) is 19.6 Å². The number of hydrogen-bond acceptors (Lipinski definition) is 5. The lowest BCUT2D eigenvalue weighted by atomic mass is 9.98. The zero-order valence-electron chi connectivity index (χ0n) is 12.8. The molecule has 1 rings (SSSR count). The first-order valence-electron chi connectivity index (χ1n) is 7.37. The van der Waals surface area contributed by atoms with Crippen LogP contribution in [-0.2, 0) is 15.0 Å². The highest BCUT2D eigenvalue weighted by Gasteiger charge is 2.22. The van der Waals surface area contributed by atoms with Gasteiger partial charge in [0.05, 0.1) is 6.54 Å². The van der Waals surface area contributed by atoms with Crippen LogP contribution in [0.2, 0.25) is 0 Å². The largest absolute Gasteiger partial charge is 0.338 e. The van der Waals surface area contributed by atoms with E-state index in [0.29, 0.717) is 13.1 Å². The van der Waals surface area contributed by atoms with Gasteiger partial charge in [0.25, 0.3) is 10.2 Å². The van der Waals surface area contributed by atoms with E-state index in [1.807, 2.05) is 11.8 Å². The van der Waals surface area contributed by atoms with Crippen molar-refractivity contribution in [3.8, 4) is 0 Å². The molecule has 0 radical (unpaired) electrons. The Hall–Kier alpha value is -1.23. The number of likely N-dealkylation sites (tertiary alicyclic amines) is 1. The first-order chi connectivity index (χ1) is 10.3. The maximum absolute atomic E-state index is 11.8. The number of piperidine rings is 1. The molecule has 0 saturated carbocycles. The summed E-state index contributed by atoms with van der Waals surface area (Å²) < 4.78 is 24.1. The van der Waals surface area contributed by atoms with Crippen LogP contribution in [0.3, 0.4) is 0 Å². The summed E-state index contributed by atoms with van der Waals surface area (Å²) in [5.41, 5.74) is 0.